The molecule has 0 aromatic heterocycles. The molecule has 0 rings (SSSR count). The van der Waals surface area contributed by atoms with Gasteiger partial charge in [0.15, 0.2) is 0 Å². The molecule has 0 aliphatic rings. The molecule has 0 aromatic carbocycles. The molecule has 4 nitrogen and oxygen atoms in total. The van der Waals surface area contributed by atoms with Crippen molar-refractivity contribution in [2.45, 2.75) is 65.6 Å². The van der Waals surface area contributed by atoms with Gasteiger partial charge in [0, 0.05) is 6.92 Å². The van der Waals surface area contributed by atoms with E-state index in [9.17, 15) is 9.59 Å². The Bertz CT molecular complexity index is 245. The van der Waals surface area contributed by atoms with Crippen LogP contribution in [-0.2, 0) is 19.1 Å². The van der Waals surface area contributed by atoms with Crippen molar-refractivity contribution in [2.24, 2.45) is 0 Å². The summed E-state index contributed by atoms with van der Waals surface area (Å²) in [6.45, 7) is 8.35. The first kappa shape index (κ1) is 14.9. The average Bonchev–Trinajstić information content (AvgIpc) is 2.14. The minimum atomic E-state index is -1.20. The van der Waals surface area contributed by atoms with Crippen LogP contribution in [0.1, 0.15) is 53.9 Å². The summed E-state index contributed by atoms with van der Waals surface area (Å²) in [4.78, 5) is 22.6. The summed E-state index contributed by atoms with van der Waals surface area (Å²) < 4.78 is 10.2. The number of rotatable bonds is 6. The first-order valence-corrected chi connectivity index (χ1v) is 5.74. The highest BCUT2D eigenvalue weighted by Crippen LogP contribution is 2.16. The van der Waals surface area contributed by atoms with Gasteiger partial charge in [-0.15, -0.1) is 0 Å². The summed E-state index contributed by atoms with van der Waals surface area (Å²) >= 11 is 0. The predicted molar refractivity (Wildman–Crippen MR) is 60.9 cm³/mol. The second kappa shape index (κ2) is 6.51. The Hall–Kier alpha value is -1.06. The molecule has 1 unspecified atom stereocenters. The number of ether oxygens (including phenoxy) is 2. The second-order valence-electron chi connectivity index (χ2n) is 4.33. The first-order chi connectivity index (χ1) is 7.33. The lowest BCUT2D eigenvalue weighted by molar-refractivity contribution is -0.181. The van der Waals surface area contributed by atoms with Gasteiger partial charge in [-0.3, -0.25) is 4.79 Å². The molecular formula is C12H22O4. The monoisotopic (exact) mass is 230 g/mol. The molecule has 0 saturated carbocycles. The van der Waals surface area contributed by atoms with E-state index in [1.165, 1.54) is 20.8 Å². The van der Waals surface area contributed by atoms with E-state index in [1.54, 1.807) is 0 Å². The maximum absolute atomic E-state index is 11.7. The predicted octanol–water partition coefficient (Wildman–Crippen LogP) is 2.45. The molecule has 0 aromatic rings. The van der Waals surface area contributed by atoms with Gasteiger partial charge >= 0.3 is 11.9 Å². The molecule has 0 amide bonds. The van der Waals surface area contributed by atoms with Crippen LogP contribution in [0.3, 0.4) is 0 Å². The highest BCUT2D eigenvalue weighted by Gasteiger charge is 2.34. The zero-order valence-corrected chi connectivity index (χ0v) is 10.8. The van der Waals surface area contributed by atoms with Crippen LogP contribution in [0.15, 0.2) is 0 Å². The van der Waals surface area contributed by atoms with Gasteiger partial charge in [0.05, 0.1) is 0 Å². The molecule has 0 aliphatic carbocycles. The van der Waals surface area contributed by atoms with Gasteiger partial charge in [0.25, 0.3) is 0 Å². The van der Waals surface area contributed by atoms with Crippen LogP contribution in [-0.4, -0.2) is 23.6 Å². The smallest absolute Gasteiger partial charge is 0.350 e. The van der Waals surface area contributed by atoms with E-state index in [-0.39, 0.29) is 6.10 Å². The van der Waals surface area contributed by atoms with Gasteiger partial charge in [0.1, 0.15) is 6.10 Å². The number of carbonyl (C=O) groups is 2. The third-order valence-corrected chi connectivity index (χ3v) is 2.23. The molecule has 0 fully saturated rings. The standard InChI is InChI=1S/C12H22O4/c1-6-8-10(7-2)15-11(14)12(4,5)16-9(3)13/h10H,6-8H2,1-5H3. The van der Waals surface area contributed by atoms with Crippen molar-refractivity contribution in [3.05, 3.63) is 0 Å². The molecule has 0 saturated heterocycles. The van der Waals surface area contributed by atoms with Crippen molar-refractivity contribution < 1.29 is 19.1 Å². The van der Waals surface area contributed by atoms with Crippen LogP contribution in [0.5, 0.6) is 0 Å². The minimum Gasteiger partial charge on any atom is -0.459 e. The van der Waals surface area contributed by atoms with Crippen molar-refractivity contribution in [3.8, 4) is 0 Å². The van der Waals surface area contributed by atoms with Gasteiger partial charge in [-0.05, 0) is 26.7 Å². The summed E-state index contributed by atoms with van der Waals surface area (Å²) in [5, 5.41) is 0. The molecule has 0 radical (unpaired) electrons. The van der Waals surface area contributed by atoms with E-state index in [2.05, 4.69) is 0 Å². The Morgan fingerprint density at radius 2 is 1.81 bits per heavy atom. The Balaban J connectivity index is 4.36. The molecule has 4 heteroatoms. The van der Waals surface area contributed by atoms with Crippen LogP contribution in [0.2, 0.25) is 0 Å². The highest BCUT2D eigenvalue weighted by atomic mass is 16.6. The molecule has 0 heterocycles. The van der Waals surface area contributed by atoms with Crippen molar-refractivity contribution in [2.75, 3.05) is 0 Å². The normalized spacial score (nSPS) is 13.1. The fraction of sp³-hybridized carbons (Fsp3) is 0.833. The lowest BCUT2D eigenvalue weighted by atomic mass is 10.1. The number of hydrogen-bond donors (Lipinski definition) is 0. The topological polar surface area (TPSA) is 52.6 Å². The van der Waals surface area contributed by atoms with Gasteiger partial charge in [-0.2, -0.15) is 0 Å². The van der Waals surface area contributed by atoms with E-state index in [0.717, 1.165) is 19.3 Å². The lowest BCUT2D eigenvalue weighted by Crippen LogP contribution is -2.40. The van der Waals surface area contributed by atoms with E-state index in [1.807, 2.05) is 13.8 Å². The molecule has 0 spiro atoms. The maximum atomic E-state index is 11.7. The first-order valence-electron chi connectivity index (χ1n) is 5.74. The number of carbonyl (C=O) groups excluding carboxylic acids is 2. The fourth-order valence-electron chi connectivity index (χ4n) is 1.36. The molecular weight excluding hydrogens is 208 g/mol. The average molecular weight is 230 g/mol. The minimum absolute atomic E-state index is 0.0904. The van der Waals surface area contributed by atoms with Crippen LogP contribution in [0, 0.1) is 0 Å². The Kier molecular flexibility index (Phi) is 6.08. The molecule has 0 bridgehead atoms. The zero-order valence-electron chi connectivity index (χ0n) is 10.8. The Morgan fingerprint density at radius 3 is 2.19 bits per heavy atom. The zero-order chi connectivity index (χ0) is 12.8. The number of hydrogen-bond acceptors (Lipinski definition) is 4. The molecule has 16 heavy (non-hydrogen) atoms. The van der Waals surface area contributed by atoms with Crippen molar-refractivity contribution in [1.82, 2.24) is 0 Å². The molecule has 0 N–H and O–H groups in total. The van der Waals surface area contributed by atoms with Crippen molar-refractivity contribution in [3.63, 3.8) is 0 Å². The van der Waals surface area contributed by atoms with E-state index >= 15 is 0 Å². The largest absolute Gasteiger partial charge is 0.459 e. The van der Waals surface area contributed by atoms with Gasteiger partial charge in [0.2, 0.25) is 5.60 Å². The third-order valence-electron chi connectivity index (χ3n) is 2.23. The summed E-state index contributed by atoms with van der Waals surface area (Å²) in [6, 6.07) is 0. The van der Waals surface area contributed by atoms with Crippen molar-refractivity contribution in [1.29, 1.82) is 0 Å². The molecule has 1 atom stereocenters. The summed E-state index contributed by atoms with van der Waals surface area (Å²) in [6.07, 6.45) is 2.47. The summed E-state index contributed by atoms with van der Waals surface area (Å²) in [5.74, 6) is -0.964. The molecule has 94 valence electrons. The lowest BCUT2D eigenvalue weighted by Gasteiger charge is -2.25. The van der Waals surface area contributed by atoms with Gasteiger partial charge < -0.3 is 9.47 Å². The van der Waals surface area contributed by atoms with E-state index in [0.29, 0.717) is 0 Å². The van der Waals surface area contributed by atoms with Crippen molar-refractivity contribution >= 4 is 11.9 Å². The summed E-state index contributed by atoms with van der Waals surface area (Å²) in [5.41, 5.74) is -1.20. The highest BCUT2D eigenvalue weighted by molar-refractivity contribution is 5.82. The van der Waals surface area contributed by atoms with Gasteiger partial charge in [-0.1, -0.05) is 20.3 Å². The molecule has 0 aliphatic heterocycles. The van der Waals surface area contributed by atoms with E-state index < -0.39 is 17.5 Å². The van der Waals surface area contributed by atoms with E-state index in [4.69, 9.17) is 9.47 Å². The quantitative estimate of drug-likeness (QED) is 0.658. The van der Waals surface area contributed by atoms with Crippen LogP contribution < -0.4 is 0 Å². The Morgan fingerprint density at radius 1 is 1.25 bits per heavy atom. The fourth-order valence-corrected chi connectivity index (χ4v) is 1.36. The third kappa shape index (κ3) is 5.14. The van der Waals surface area contributed by atoms with Crippen LogP contribution in [0.4, 0.5) is 0 Å². The van der Waals surface area contributed by atoms with Gasteiger partial charge in [-0.25, -0.2) is 4.79 Å². The maximum Gasteiger partial charge on any atom is 0.350 e. The Labute approximate surface area is 97.3 Å². The second-order valence-corrected chi connectivity index (χ2v) is 4.33. The van der Waals surface area contributed by atoms with Crippen LogP contribution in [0.25, 0.3) is 0 Å². The SMILES string of the molecule is CCCC(CC)OC(=O)C(C)(C)OC(C)=O. The number of esters is 2. The summed E-state index contributed by atoms with van der Waals surface area (Å²) in [7, 11) is 0. The van der Waals surface area contributed by atoms with Crippen LogP contribution >= 0.6 is 0 Å².